The molecule has 30 heavy (non-hydrogen) atoms. The van der Waals surface area contributed by atoms with Crippen molar-refractivity contribution in [3.63, 3.8) is 0 Å². The van der Waals surface area contributed by atoms with E-state index in [1.807, 2.05) is 29.2 Å². The van der Waals surface area contributed by atoms with Crippen LogP contribution in [0.5, 0.6) is 0 Å². The van der Waals surface area contributed by atoms with E-state index < -0.39 is 6.10 Å². The van der Waals surface area contributed by atoms with E-state index in [2.05, 4.69) is 31.9 Å². The number of amides is 1. The number of carbonyl (C=O) groups is 1. The Hall–Kier alpha value is -2.47. The molecule has 6 nitrogen and oxygen atoms in total. The van der Waals surface area contributed by atoms with Crippen molar-refractivity contribution in [1.29, 1.82) is 0 Å². The average Bonchev–Trinajstić information content (AvgIpc) is 2.74. The number of likely N-dealkylation sites (tertiary alicyclic amines) is 1. The van der Waals surface area contributed by atoms with Crippen LogP contribution in [0, 0.1) is 5.92 Å². The van der Waals surface area contributed by atoms with Crippen LogP contribution in [0.3, 0.4) is 0 Å². The molecule has 1 aromatic heterocycles. The van der Waals surface area contributed by atoms with Crippen LogP contribution in [-0.4, -0.2) is 40.3 Å². The van der Waals surface area contributed by atoms with Crippen LogP contribution in [0.25, 0.3) is 0 Å². The van der Waals surface area contributed by atoms with Gasteiger partial charge in [-0.25, -0.2) is 4.68 Å². The van der Waals surface area contributed by atoms with Gasteiger partial charge < -0.3 is 9.64 Å². The van der Waals surface area contributed by atoms with Crippen molar-refractivity contribution in [2.75, 3.05) is 19.7 Å². The topological polar surface area (TPSA) is 64.4 Å². The summed E-state index contributed by atoms with van der Waals surface area (Å²) in [7, 11) is 0. The van der Waals surface area contributed by atoms with Gasteiger partial charge in [-0.1, -0.05) is 45.0 Å². The zero-order chi connectivity index (χ0) is 21.3. The lowest BCUT2D eigenvalue weighted by Gasteiger charge is -2.35. The Labute approximate surface area is 177 Å². The molecular formula is C24H31N3O3. The lowest BCUT2D eigenvalue weighted by atomic mass is 9.92. The van der Waals surface area contributed by atoms with E-state index in [4.69, 9.17) is 4.74 Å². The highest BCUT2D eigenvalue weighted by Gasteiger charge is 2.33. The molecule has 0 aliphatic carbocycles. The van der Waals surface area contributed by atoms with Crippen molar-refractivity contribution in [3.8, 4) is 0 Å². The van der Waals surface area contributed by atoms with Gasteiger partial charge in [0.1, 0.15) is 0 Å². The molecule has 160 valence electrons. The van der Waals surface area contributed by atoms with Crippen LogP contribution < -0.4 is 5.56 Å². The standard InChI is InChI=1S/C24H31N3O3/c1-24(2,3)20-8-9-21(28)27(25-20)16-17-10-13-26(14-11-17)23(29)22-19-7-5-4-6-18(19)12-15-30-22/h4-9,17,22H,10-16H2,1-3H3. The van der Waals surface area contributed by atoms with E-state index in [-0.39, 0.29) is 16.9 Å². The minimum atomic E-state index is -0.487. The third kappa shape index (κ3) is 4.33. The van der Waals surface area contributed by atoms with Crippen LogP contribution in [0.15, 0.2) is 41.2 Å². The minimum Gasteiger partial charge on any atom is -0.363 e. The first-order valence-corrected chi connectivity index (χ1v) is 10.9. The van der Waals surface area contributed by atoms with Gasteiger partial charge in [-0.15, -0.1) is 0 Å². The second kappa shape index (κ2) is 8.34. The zero-order valence-corrected chi connectivity index (χ0v) is 18.1. The number of hydrogen-bond donors (Lipinski definition) is 0. The van der Waals surface area contributed by atoms with Gasteiger partial charge in [0, 0.05) is 31.1 Å². The molecule has 1 amide bonds. The Balaban J connectivity index is 1.39. The van der Waals surface area contributed by atoms with E-state index in [1.165, 1.54) is 5.56 Å². The molecule has 1 unspecified atom stereocenters. The Morgan fingerprint density at radius 2 is 1.87 bits per heavy atom. The summed E-state index contributed by atoms with van der Waals surface area (Å²) in [4.78, 5) is 27.3. The van der Waals surface area contributed by atoms with Crippen molar-refractivity contribution >= 4 is 5.91 Å². The minimum absolute atomic E-state index is 0.0608. The fourth-order valence-corrected chi connectivity index (χ4v) is 4.32. The van der Waals surface area contributed by atoms with E-state index in [1.54, 1.807) is 10.7 Å². The van der Waals surface area contributed by atoms with Crippen molar-refractivity contribution < 1.29 is 9.53 Å². The Morgan fingerprint density at radius 1 is 1.13 bits per heavy atom. The first-order valence-electron chi connectivity index (χ1n) is 10.9. The first-order chi connectivity index (χ1) is 14.3. The number of piperidine rings is 1. The molecule has 4 rings (SSSR count). The molecule has 1 atom stereocenters. The molecule has 0 radical (unpaired) electrons. The third-order valence-corrected chi connectivity index (χ3v) is 6.21. The number of hydrogen-bond acceptors (Lipinski definition) is 4. The van der Waals surface area contributed by atoms with Crippen molar-refractivity contribution in [3.05, 3.63) is 63.6 Å². The molecule has 2 aliphatic heterocycles. The smallest absolute Gasteiger partial charge is 0.266 e. The summed E-state index contributed by atoms with van der Waals surface area (Å²) in [6.45, 7) is 8.87. The molecule has 0 spiro atoms. The van der Waals surface area contributed by atoms with Gasteiger partial charge in [-0.05, 0) is 42.4 Å². The molecule has 6 heteroatoms. The van der Waals surface area contributed by atoms with Crippen LogP contribution in [0.4, 0.5) is 0 Å². The maximum Gasteiger partial charge on any atom is 0.266 e. The predicted octanol–water partition coefficient (Wildman–Crippen LogP) is 3.09. The van der Waals surface area contributed by atoms with Gasteiger partial charge in [0.05, 0.1) is 12.3 Å². The highest BCUT2D eigenvalue weighted by Crippen LogP contribution is 2.30. The number of nitrogens with zero attached hydrogens (tertiary/aromatic N) is 3. The molecule has 1 aromatic carbocycles. The summed E-state index contributed by atoms with van der Waals surface area (Å²) in [5.74, 6) is 0.402. The fraction of sp³-hybridized carbons (Fsp3) is 0.542. The molecular weight excluding hydrogens is 378 g/mol. The van der Waals surface area contributed by atoms with Crippen molar-refractivity contribution in [2.45, 2.75) is 58.1 Å². The molecule has 0 saturated carbocycles. The molecule has 3 heterocycles. The maximum atomic E-state index is 13.1. The van der Waals surface area contributed by atoms with E-state index in [9.17, 15) is 9.59 Å². The van der Waals surface area contributed by atoms with Crippen LogP contribution in [0.2, 0.25) is 0 Å². The average molecular weight is 410 g/mol. The molecule has 1 fully saturated rings. The van der Waals surface area contributed by atoms with Crippen LogP contribution in [0.1, 0.15) is 56.5 Å². The number of carbonyl (C=O) groups excluding carboxylic acids is 1. The second-order valence-electron chi connectivity index (χ2n) is 9.46. The van der Waals surface area contributed by atoms with E-state index >= 15 is 0 Å². The van der Waals surface area contributed by atoms with Gasteiger partial charge in [0.25, 0.3) is 11.5 Å². The van der Waals surface area contributed by atoms with Crippen molar-refractivity contribution in [2.24, 2.45) is 5.92 Å². The molecule has 2 aromatic rings. The third-order valence-electron chi connectivity index (χ3n) is 6.21. The monoisotopic (exact) mass is 409 g/mol. The number of benzene rings is 1. The van der Waals surface area contributed by atoms with E-state index in [0.29, 0.717) is 32.2 Å². The van der Waals surface area contributed by atoms with E-state index in [0.717, 1.165) is 30.5 Å². The Kier molecular flexibility index (Phi) is 5.78. The highest BCUT2D eigenvalue weighted by atomic mass is 16.5. The van der Waals surface area contributed by atoms with Gasteiger partial charge in [-0.3, -0.25) is 9.59 Å². The number of aromatic nitrogens is 2. The lowest BCUT2D eigenvalue weighted by molar-refractivity contribution is -0.146. The number of ether oxygens (including phenoxy) is 1. The normalized spacial score (nSPS) is 20.1. The van der Waals surface area contributed by atoms with Gasteiger partial charge >= 0.3 is 0 Å². The van der Waals surface area contributed by atoms with Gasteiger partial charge in [0.2, 0.25) is 0 Å². The summed E-state index contributed by atoms with van der Waals surface area (Å²) in [5, 5.41) is 4.59. The quantitative estimate of drug-likeness (QED) is 0.781. The zero-order valence-electron chi connectivity index (χ0n) is 18.1. The van der Waals surface area contributed by atoms with Crippen LogP contribution in [-0.2, 0) is 27.9 Å². The SMILES string of the molecule is CC(C)(C)c1ccc(=O)n(CC2CCN(C(=O)C3OCCc4ccccc43)CC2)n1. The first kappa shape index (κ1) is 20.8. The number of rotatable bonds is 3. The summed E-state index contributed by atoms with van der Waals surface area (Å²) in [6, 6.07) is 11.5. The fourth-order valence-electron chi connectivity index (χ4n) is 4.32. The molecule has 0 bridgehead atoms. The molecule has 1 saturated heterocycles. The number of fused-ring (bicyclic) bond motifs is 1. The summed E-state index contributed by atoms with van der Waals surface area (Å²) in [5.41, 5.74) is 2.98. The summed E-state index contributed by atoms with van der Waals surface area (Å²) >= 11 is 0. The summed E-state index contributed by atoms with van der Waals surface area (Å²) in [6.07, 6.45) is 2.11. The Bertz CT molecular complexity index is 968. The second-order valence-corrected chi connectivity index (χ2v) is 9.46. The predicted molar refractivity (Wildman–Crippen MR) is 115 cm³/mol. The molecule has 2 aliphatic rings. The van der Waals surface area contributed by atoms with Gasteiger partial charge in [0.15, 0.2) is 6.10 Å². The largest absolute Gasteiger partial charge is 0.363 e. The maximum absolute atomic E-state index is 13.1. The van der Waals surface area contributed by atoms with Gasteiger partial charge in [-0.2, -0.15) is 5.10 Å². The molecule has 0 N–H and O–H groups in total. The highest BCUT2D eigenvalue weighted by molar-refractivity contribution is 5.83. The summed E-state index contributed by atoms with van der Waals surface area (Å²) < 4.78 is 7.46. The Morgan fingerprint density at radius 3 is 2.60 bits per heavy atom. The van der Waals surface area contributed by atoms with Crippen molar-refractivity contribution in [1.82, 2.24) is 14.7 Å². The lowest BCUT2D eigenvalue weighted by Crippen LogP contribution is -2.43. The van der Waals surface area contributed by atoms with Crippen LogP contribution >= 0.6 is 0 Å².